The van der Waals surface area contributed by atoms with E-state index in [0.717, 1.165) is 56.7 Å². The molecule has 0 amide bonds. The molecule has 1 saturated heterocycles. The molecule has 31 heavy (non-hydrogen) atoms. The standard InChI is InChI=1S/C23H36N6O.HI/c1-19-7-6-8-21-27-20(16-29(19)21)15-25-22(24-2)26-17-23(9-4-3-5-10-23)18-28-11-13-30-14-12-28;/h6-8,16H,3-5,9-15,17-18H2,1-2H3,(H2,24,25,26);1H. The Kier molecular flexibility index (Phi) is 8.97. The number of aryl methyl sites for hydroxylation is 1. The Labute approximate surface area is 203 Å². The van der Waals surface area contributed by atoms with Crippen molar-refractivity contribution in [1.29, 1.82) is 0 Å². The van der Waals surface area contributed by atoms with Crippen LogP contribution in [0, 0.1) is 12.3 Å². The van der Waals surface area contributed by atoms with Crippen LogP contribution in [0.15, 0.2) is 29.4 Å². The van der Waals surface area contributed by atoms with E-state index in [1.54, 1.807) is 0 Å². The van der Waals surface area contributed by atoms with Gasteiger partial charge in [0.25, 0.3) is 0 Å². The maximum absolute atomic E-state index is 5.55. The van der Waals surface area contributed by atoms with Gasteiger partial charge in [-0.15, -0.1) is 24.0 Å². The topological polar surface area (TPSA) is 66.2 Å². The largest absolute Gasteiger partial charge is 0.379 e. The Morgan fingerprint density at radius 2 is 1.94 bits per heavy atom. The molecule has 0 atom stereocenters. The van der Waals surface area contributed by atoms with Crippen LogP contribution in [0.25, 0.3) is 5.65 Å². The summed E-state index contributed by atoms with van der Waals surface area (Å²) in [5.74, 6) is 0.857. The molecular formula is C23H37IN6O. The summed E-state index contributed by atoms with van der Waals surface area (Å²) in [5.41, 5.74) is 3.53. The van der Waals surface area contributed by atoms with Crippen molar-refractivity contribution in [3.05, 3.63) is 35.8 Å². The number of hydrogen-bond acceptors (Lipinski definition) is 4. The second kappa shape index (κ2) is 11.5. The maximum atomic E-state index is 5.55. The molecule has 0 radical (unpaired) electrons. The van der Waals surface area contributed by atoms with E-state index in [9.17, 15) is 0 Å². The molecule has 3 heterocycles. The lowest BCUT2D eigenvalue weighted by molar-refractivity contribution is 0.00820. The second-order valence-corrected chi connectivity index (χ2v) is 8.86. The first-order valence-electron chi connectivity index (χ1n) is 11.4. The van der Waals surface area contributed by atoms with Crippen molar-refractivity contribution in [3.63, 3.8) is 0 Å². The van der Waals surface area contributed by atoms with Crippen molar-refractivity contribution < 1.29 is 4.74 Å². The number of ether oxygens (including phenoxy) is 1. The zero-order valence-electron chi connectivity index (χ0n) is 18.9. The number of aliphatic imine (C=N–C) groups is 1. The predicted molar refractivity (Wildman–Crippen MR) is 136 cm³/mol. The molecular weight excluding hydrogens is 503 g/mol. The number of aromatic nitrogens is 2. The minimum Gasteiger partial charge on any atom is -0.379 e. The van der Waals surface area contributed by atoms with E-state index in [2.05, 4.69) is 44.1 Å². The first kappa shape index (κ1) is 24.3. The Morgan fingerprint density at radius 3 is 2.65 bits per heavy atom. The summed E-state index contributed by atoms with van der Waals surface area (Å²) in [6.45, 7) is 8.74. The number of guanidine groups is 1. The van der Waals surface area contributed by atoms with E-state index in [1.807, 2.05) is 19.2 Å². The Balaban J connectivity index is 0.00000272. The summed E-state index contributed by atoms with van der Waals surface area (Å²) in [7, 11) is 1.85. The third kappa shape index (κ3) is 6.32. The van der Waals surface area contributed by atoms with Gasteiger partial charge in [0.2, 0.25) is 0 Å². The minimum absolute atomic E-state index is 0. The summed E-state index contributed by atoms with van der Waals surface area (Å²) in [4.78, 5) is 11.8. The highest BCUT2D eigenvalue weighted by Gasteiger charge is 2.34. The van der Waals surface area contributed by atoms with Crippen LogP contribution in [-0.4, -0.2) is 66.7 Å². The molecule has 8 heteroatoms. The number of fused-ring (bicyclic) bond motifs is 1. The molecule has 0 aromatic carbocycles. The molecule has 7 nitrogen and oxygen atoms in total. The number of nitrogens with zero attached hydrogens (tertiary/aromatic N) is 4. The number of rotatable bonds is 6. The fourth-order valence-corrected chi connectivity index (χ4v) is 4.88. The Hall–Kier alpha value is -1.39. The van der Waals surface area contributed by atoms with Gasteiger partial charge in [0.05, 0.1) is 25.5 Å². The van der Waals surface area contributed by atoms with Gasteiger partial charge >= 0.3 is 0 Å². The number of pyridine rings is 1. The van der Waals surface area contributed by atoms with Gasteiger partial charge in [-0.2, -0.15) is 0 Å². The van der Waals surface area contributed by atoms with Crippen molar-refractivity contribution in [2.45, 2.75) is 45.6 Å². The minimum atomic E-state index is 0. The monoisotopic (exact) mass is 540 g/mol. The molecule has 0 bridgehead atoms. The van der Waals surface area contributed by atoms with Crippen molar-refractivity contribution in [3.8, 4) is 0 Å². The number of nitrogens with one attached hydrogen (secondary N) is 2. The number of halogens is 1. The van der Waals surface area contributed by atoms with Gasteiger partial charge in [-0.05, 0) is 31.9 Å². The highest BCUT2D eigenvalue weighted by Crippen LogP contribution is 2.36. The summed E-state index contributed by atoms with van der Waals surface area (Å²) in [6, 6.07) is 6.19. The molecule has 0 spiro atoms. The first-order valence-corrected chi connectivity index (χ1v) is 11.4. The number of morpholine rings is 1. The zero-order valence-corrected chi connectivity index (χ0v) is 21.2. The summed E-state index contributed by atoms with van der Waals surface area (Å²) < 4.78 is 7.68. The molecule has 172 valence electrons. The smallest absolute Gasteiger partial charge is 0.191 e. The highest BCUT2D eigenvalue weighted by atomic mass is 127. The molecule has 1 aliphatic heterocycles. The predicted octanol–water partition coefficient (Wildman–Crippen LogP) is 3.21. The first-order chi connectivity index (χ1) is 14.7. The summed E-state index contributed by atoms with van der Waals surface area (Å²) in [6.07, 6.45) is 8.72. The van der Waals surface area contributed by atoms with Crippen LogP contribution in [-0.2, 0) is 11.3 Å². The molecule has 2 fully saturated rings. The van der Waals surface area contributed by atoms with Crippen LogP contribution in [0.5, 0.6) is 0 Å². The molecule has 2 aliphatic rings. The van der Waals surface area contributed by atoms with E-state index in [4.69, 9.17) is 9.72 Å². The van der Waals surface area contributed by atoms with E-state index in [0.29, 0.717) is 12.0 Å². The van der Waals surface area contributed by atoms with Gasteiger partial charge in [-0.25, -0.2) is 4.98 Å². The van der Waals surface area contributed by atoms with Gasteiger partial charge < -0.3 is 19.8 Å². The van der Waals surface area contributed by atoms with Gasteiger partial charge in [0, 0.05) is 50.5 Å². The highest BCUT2D eigenvalue weighted by molar-refractivity contribution is 14.0. The van der Waals surface area contributed by atoms with Gasteiger partial charge in [-0.3, -0.25) is 9.89 Å². The van der Waals surface area contributed by atoms with E-state index < -0.39 is 0 Å². The van der Waals surface area contributed by atoms with Gasteiger partial charge in [-0.1, -0.05) is 25.3 Å². The molecule has 1 aliphatic carbocycles. The molecule has 2 N–H and O–H groups in total. The van der Waals surface area contributed by atoms with E-state index in [1.165, 1.54) is 37.8 Å². The summed E-state index contributed by atoms with van der Waals surface area (Å²) in [5, 5.41) is 7.09. The van der Waals surface area contributed by atoms with Gasteiger partial charge in [0.15, 0.2) is 5.96 Å². The molecule has 4 rings (SSSR count). The molecule has 2 aromatic rings. The SMILES string of the molecule is CN=C(NCc1cn2c(C)cccc2n1)NCC1(CN2CCOCC2)CCCCC1.I. The van der Waals surface area contributed by atoms with Crippen LogP contribution in [0.4, 0.5) is 0 Å². The lowest BCUT2D eigenvalue weighted by atomic mass is 9.73. The van der Waals surface area contributed by atoms with Crippen LogP contribution in [0.2, 0.25) is 0 Å². The number of hydrogen-bond donors (Lipinski definition) is 2. The molecule has 0 unspecified atom stereocenters. The van der Waals surface area contributed by atoms with Crippen molar-refractivity contribution in [2.75, 3.05) is 46.4 Å². The summed E-state index contributed by atoms with van der Waals surface area (Å²) >= 11 is 0. The van der Waals surface area contributed by atoms with E-state index in [-0.39, 0.29) is 24.0 Å². The van der Waals surface area contributed by atoms with Crippen molar-refractivity contribution >= 4 is 35.6 Å². The fourth-order valence-electron chi connectivity index (χ4n) is 4.88. The number of imidazole rings is 1. The van der Waals surface area contributed by atoms with E-state index >= 15 is 0 Å². The molecule has 1 saturated carbocycles. The third-order valence-electron chi connectivity index (χ3n) is 6.61. The Bertz CT molecular complexity index is 855. The fraction of sp³-hybridized carbons (Fsp3) is 0.652. The third-order valence-corrected chi connectivity index (χ3v) is 6.61. The second-order valence-electron chi connectivity index (χ2n) is 8.86. The maximum Gasteiger partial charge on any atom is 0.191 e. The lowest BCUT2D eigenvalue weighted by Crippen LogP contribution is -2.51. The lowest BCUT2D eigenvalue weighted by Gasteiger charge is -2.42. The normalized spacial score (nSPS) is 19.7. The van der Waals surface area contributed by atoms with Crippen LogP contribution < -0.4 is 10.6 Å². The average molecular weight is 540 g/mol. The van der Waals surface area contributed by atoms with Crippen LogP contribution >= 0.6 is 24.0 Å². The molecule has 2 aromatic heterocycles. The van der Waals surface area contributed by atoms with Gasteiger partial charge in [0.1, 0.15) is 5.65 Å². The zero-order chi connectivity index (χ0) is 20.8. The van der Waals surface area contributed by atoms with Crippen LogP contribution in [0.1, 0.15) is 43.5 Å². The van der Waals surface area contributed by atoms with Crippen molar-refractivity contribution in [2.24, 2.45) is 10.4 Å². The quantitative estimate of drug-likeness (QED) is 0.335. The van der Waals surface area contributed by atoms with Crippen LogP contribution in [0.3, 0.4) is 0 Å². The van der Waals surface area contributed by atoms with Crippen molar-refractivity contribution in [1.82, 2.24) is 24.9 Å². The average Bonchev–Trinajstić information content (AvgIpc) is 3.20. The Morgan fingerprint density at radius 1 is 1.16 bits per heavy atom.